The fraction of sp³-hybridized carbons (Fsp3) is 0.235. The Hall–Kier alpha value is -3.16. The Labute approximate surface area is 148 Å². The first kappa shape index (κ1) is 33.4. The van der Waals surface area contributed by atoms with Gasteiger partial charge < -0.3 is 39.6 Å². The average molecular weight is 352 g/mol. The summed E-state index contributed by atoms with van der Waals surface area (Å²) in [6.45, 7) is 6.48. The van der Waals surface area contributed by atoms with Crippen molar-refractivity contribution in [3.8, 4) is 0 Å². The quantitative estimate of drug-likeness (QED) is 0.495. The zero-order valence-corrected chi connectivity index (χ0v) is 14.4. The van der Waals surface area contributed by atoms with Crippen LogP contribution in [0.3, 0.4) is 0 Å². The van der Waals surface area contributed by atoms with E-state index in [-0.39, 0.29) is 7.43 Å². The van der Waals surface area contributed by atoms with Crippen LogP contribution >= 0.6 is 0 Å². The molecule has 0 rings (SSSR count). The fourth-order valence-electron chi connectivity index (χ4n) is 0.544. The number of hydrogen-bond donors (Lipinski definition) is 0. The number of carboxylic acid groups (broad SMARTS) is 4. The van der Waals surface area contributed by atoms with Crippen molar-refractivity contribution in [3.05, 3.63) is 56.0 Å². The second-order valence-corrected chi connectivity index (χ2v) is 3.28. The average Bonchev–Trinajstić information content (AvgIpc) is 2.39. The van der Waals surface area contributed by atoms with Gasteiger partial charge in [0.05, 0.1) is 23.9 Å². The van der Waals surface area contributed by atoms with Crippen LogP contribution in [-0.4, -0.2) is 23.9 Å². The van der Waals surface area contributed by atoms with E-state index in [2.05, 4.69) is 0 Å². The molecule has 0 heterocycles. The minimum atomic E-state index is -1.14. The van der Waals surface area contributed by atoms with E-state index in [1.54, 1.807) is 27.7 Å². The predicted octanol–water partition coefficient (Wildman–Crippen LogP) is -2.67. The number of carboxylic acids is 4. The van der Waals surface area contributed by atoms with Crippen LogP contribution in [0.2, 0.25) is 0 Å². The molecule has 0 aliphatic carbocycles. The van der Waals surface area contributed by atoms with E-state index in [1.807, 2.05) is 0 Å². The zero-order valence-electron chi connectivity index (χ0n) is 14.4. The van der Waals surface area contributed by atoms with E-state index in [1.165, 1.54) is 24.3 Å². The summed E-state index contributed by atoms with van der Waals surface area (Å²) in [5.74, 6) is -4.56. The van der Waals surface area contributed by atoms with Crippen LogP contribution in [0.1, 0.15) is 27.7 Å². The molecule has 8 heteroatoms. The molecule has 8 nitrogen and oxygen atoms in total. The molecule has 0 saturated heterocycles. The number of allylic oxidation sites excluding steroid dienone is 4. The van der Waals surface area contributed by atoms with Gasteiger partial charge in [-0.15, -0.1) is 0 Å². The van der Waals surface area contributed by atoms with Gasteiger partial charge in [-0.3, -0.25) is 0 Å². The van der Waals surface area contributed by atoms with Gasteiger partial charge in [0.15, 0.2) is 0 Å². The van der Waals surface area contributed by atoms with Crippen molar-refractivity contribution in [2.75, 3.05) is 0 Å². The van der Waals surface area contributed by atoms with Crippen LogP contribution in [0.4, 0.5) is 0 Å². The van der Waals surface area contributed by atoms with Gasteiger partial charge in [0, 0.05) is 0 Å². The van der Waals surface area contributed by atoms with Gasteiger partial charge in [-0.2, -0.15) is 0 Å². The smallest absolute Gasteiger partial charge is 0.545 e. The molecule has 0 unspecified atom stereocenters. The van der Waals surface area contributed by atoms with Crippen molar-refractivity contribution in [1.82, 2.24) is 0 Å². The minimum absolute atomic E-state index is 0. The summed E-state index contributed by atoms with van der Waals surface area (Å²) in [4.78, 5) is 37.6. The molecule has 0 fully saturated rings. The molecule has 0 saturated carbocycles. The van der Waals surface area contributed by atoms with E-state index >= 15 is 0 Å². The van der Waals surface area contributed by atoms with Crippen LogP contribution in [0.5, 0.6) is 0 Å². The Morgan fingerprint density at radius 3 is 0.600 bits per heavy atom. The molecule has 0 aliphatic rings. The molecule has 0 aromatic carbocycles. The second kappa shape index (κ2) is 28.9. The van der Waals surface area contributed by atoms with Gasteiger partial charge in [0.25, 0.3) is 0 Å². The Morgan fingerprint density at radius 1 is 0.480 bits per heavy atom. The molecule has 0 spiro atoms. The maximum atomic E-state index is 9.40. The number of carbonyl (C=O) groups excluding carboxylic acids is 4. The molecule has 0 atom stereocenters. The van der Waals surface area contributed by atoms with Crippen molar-refractivity contribution in [2.45, 2.75) is 27.7 Å². The summed E-state index contributed by atoms with van der Waals surface area (Å²) in [5, 5.41) is 37.6. The Balaban J connectivity index is -0.0000000702. The summed E-state index contributed by atoms with van der Waals surface area (Å²) in [7, 11) is 0. The minimum Gasteiger partial charge on any atom is -0.545 e. The number of rotatable bonds is 4. The molecule has 0 aromatic rings. The molecule has 0 radical (unpaired) electrons. The van der Waals surface area contributed by atoms with Crippen LogP contribution in [-0.2, 0) is 19.2 Å². The third-order valence-corrected chi connectivity index (χ3v) is 1.21. The number of aliphatic carboxylic acids is 4. The molecule has 25 heavy (non-hydrogen) atoms. The third-order valence-electron chi connectivity index (χ3n) is 1.21. The van der Waals surface area contributed by atoms with Crippen molar-refractivity contribution in [3.63, 3.8) is 0 Å². The molecule has 0 bridgehead atoms. The van der Waals surface area contributed by atoms with Crippen molar-refractivity contribution >= 4 is 23.9 Å². The largest absolute Gasteiger partial charge is 4.00 e. The Morgan fingerprint density at radius 2 is 0.600 bits per heavy atom. The SMILES string of the molecule is C/C=C/C(=O)[O-].C/C=C/C(=O)[O-].C/C=C/C(=O)[O-].C/C=C/C(=O)[O-].[C+4]. The number of carbonyl (C=O) groups is 4. The summed E-state index contributed by atoms with van der Waals surface area (Å²) in [6, 6.07) is 0. The van der Waals surface area contributed by atoms with Crippen molar-refractivity contribution in [1.29, 1.82) is 0 Å². The van der Waals surface area contributed by atoms with Gasteiger partial charge >= 0.3 is 7.43 Å². The third kappa shape index (κ3) is 94.7. The first-order valence-electron chi connectivity index (χ1n) is 6.43. The van der Waals surface area contributed by atoms with Gasteiger partial charge in [-0.25, -0.2) is 0 Å². The molecule has 0 aromatic heterocycles. The van der Waals surface area contributed by atoms with Gasteiger partial charge in [-0.1, -0.05) is 24.3 Å². The van der Waals surface area contributed by atoms with Gasteiger partial charge in [0.1, 0.15) is 0 Å². The van der Waals surface area contributed by atoms with E-state index in [0.29, 0.717) is 0 Å². The number of hydrogen-bond acceptors (Lipinski definition) is 8. The zero-order chi connectivity index (χ0) is 20.0. The molecule has 0 amide bonds. The Bertz CT molecular complexity index is 383. The van der Waals surface area contributed by atoms with Gasteiger partial charge in [-0.05, 0) is 52.0 Å². The standard InChI is InChI=1S/4C4H6O2.C/c4*1-2-3-4(5)6;/h4*2-3H,1H3,(H,5,6);/q;;;;+4/p-4/b4*3-2+;. The summed E-state index contributed by atoms with van der Waals surface area (Å²) in [6.07, 6.45) is 9.54. The maximum absolute atomic E-state index is 9.40. The summed E-state index contributed by atoms with van der Waals surface area (Å²) < 4.78 is 0. The molecular weight excluding hydrogens is 332 g/mol. The van der Waals surface area contributed by atoms with Crippen molar-refractivity contribution < 1.29 is 39.6 Å². The monoisotopic (exact) mass is 352 g/mol. The predicted molar refractivity (Wildman–Crippen MR) is 82.5 cm³/mol. The first-order valence-corrected chi connectivity index (χ1v) is 6.43. The molecule has 136 valence electrons. The summed E-state index contributed by atoms with van der Waals surface area (Å²) in [5.41, 5.74) is 0. The van der Waals surface area contributed by atoms with Crippen LogP contribution < -0.4 is 20.4 Å². The first-order chi connectivity index (χ1) is 11.1. The van der Waals surface area contributed by atoms with E-state index in [0.717, 1.165) is 24.3 Å². The molecular formula is C17H20O8. The molecule has 0 N–H and O–H groups in total. The van der Waals surface area contributed by atoms with E-state index in [4.69, 9.17) is 0 Å². The topological polar surface area (TPSA) is 161 Å². The molecule has 0 aliphatic heterocycles. The second-order valence-electron chi connectivity index (χ2n) is 3.28. The maximum Gasteiger partial charge on any atom is 4.00 e. The fourth-order valence-corrected chi connectivity index (χ4v) is 0.544. The normalized spacial score (nSPS) is 9.12. The van der Waals surface area contributed by atoms with E-state index < -0.39 is 23.9 Å². The summed E-state index contributed by atoms with van der Waals surface area (Å²) >= 11 is 0. The van der Waals surface area contributed by atoms with Gasteiger partial charge in [0.2, 0.25) is 0 Å². The Kier molecular flexibility index (Phi) is 38.7. The van der Waals surface area contributed by atoms with Crippen LogP contribution in [0.15, 0.2) is 48.6 Å². The van der Waals surface area contributed by atoms with Crippen LogP contribution in [0.25, 0.3) is 0 Å². The van der Waals surface area contributed by atoms with Crippen molar-refractivity contribution in [2.24, 2.45) is 0 Å². The van der Waals surface area contributed by atoms with E-state index in [9.17, 15) is 39.6 Å². The van der Waals surface area contributed by atoms with Crippen LogP contribution in [0, 0.1) is 7.43 Å².